The number of hydrogen-bond acceptors (Lipinski definition) is 3. The zero-order valence-corrected chi connectivity index (χ0v) is 14.2. The average Bonchev–Trinajstić information content (AvgIpc) is 2.76. The third-order valence-corrected chi connectivity index (χ3v) is 5.03. The van der Waals surface area contributed by atoms with Gasteiger partial charge in [-0.15, -0.1) is 0 Å². The minimum absolute atomic E-state index is 0.0838. The summed E-state index contributed by atoms with van der Waals surface area (Å²) in [4.78, 5) is 12.7. The van der Waals surface area contributed by atoms with E-state index in [1.165, 1.54) is 18.4 Å². The first-order valence-electron chi connectivity index (χ1n) is 8.81. The van der Waals surface area contributed by atoms with Crippen LogP contribution in [0.4, 0.5) is 0 Å². The fourth-order valence-electron chi connectivity index (χ4n) is 3.86. The Morgan fingerprint density at radius 2 is 1.91 bits per heavy atom. The zero-order chi connectivity index (χ0) is 16.4. The van der Waals surface area contributed by atoms with Crippen LogP contribution in [0, 0.1) is 5.92 Å². The molecule has 0 aromatic heterocycles. The molecule has 0 radical (unpaired) electrons. The molecule has 3 heteroatoms. The SMILES string of the molecule is CC1(C)Cc2ccc(O)cc2/C(=C/C(=O)C2CCCCCC2)N1. The van der Waals surface area contributed by atoms with Crippen LogP contribution in [0.5, 0.6) is 5.75 Å². The molecule has 1 heterocycles. The molecule has 1 fully saturated rings. The van der Waals surface area contributed by atoms with Gasteiger partial charge < -0.3 is 10.4 Å². The van der Waals surface area contributed by atoms with Crippen molar-refractivity contribution in [3.63, 3.8) is 0 Å². The van der Waals surface area contributed by atoms with Gasteiger partial charge in [0.05, 0.1) is 0 Å². The maximum Gasteiger partial charge on any atom is 0.160 e. The molecule has 1 aromatic rings. The highest BCUT2D eigenvalue weighted by Crippen LogP contribution is 2.33. The van der Waals surface area contributed by atoms with Crippen LogP contribution in [0.25, 0.3) is 5.70 Å². The molecule has 0 saturated heterocycles. The summed E-state index contributed by atoms with van der Waals surface area (Å²) in [5.74, 6) is 0.650. The first-order valence-corrected chi connectivity index (χ1v) is 8.81. The van der Waals surface area contributed by atoms with E-state index in [0.29, 0.717) is 0 Å². The summed E-state index contributed by atoms with van der Waals surface area (Å²) in [6.07, 6.45) is 9.53. The summed E-state index contributed by atoms with van der Waals surface area (Å²) in [7, 11) is 0. The van der Waals surface area contributed by atoms with Crippen molar-refractivity contribution in [1.82, 2.24) is 5.32 Å². The zero-order valence-electron chi connectivity index (χ0n) is 14.2. The van der Waals surface area contributed by atoms with E-state index < -0.39 is 0 Å². The van der Waals surface area contributed by atoms with Gasteiger partial charge in [0.1, 0.15) is 5.75 Å². The Kier molecular flexibility index (Phi) is 4.47. The molecule has 0 spiro atoms. The van der Waals surface area contributed by atoms with Crippen molar-refractivity contribution in [2.24, 2.45) is 5.92 Å². The highest BCUT2D eigenvalue weighted by Gasteiger charge is 2.29. The fraction of sp³-hybridized carbons (Fsp3) is 0.550. The van der Waals surface area contributed by atoms with Crippen molar-refractivity contribution < 1.29 is 9.90 Å². The number of phenolic OH excluding ortho intramolecular Hbond substituents is 1. The van der Waals surface area contributed by atoms with Gasteiger partial charge in [-0.2, -0.15) is 0 Å². The molecule has 2 N–H and O–H groups in total. The normalized spacial score (nSPS) is 23.0. The molecule has 1 aromatic carbocycles. The van der Waals surface area contributed by atoms with Gasteiger partial charge in [-0.25, -0.2) is 0 Å². The van der Waals surface area contributed by atoms with Gasteiger partial charge in [0.15, 0.2) is 5.78 Å². The lowest BCUT2D eigenvalue weighted by Crippen LogP contribution is -2.44. The van der Waals surface area contributed by atoms with Crippen LogP contribution in [-0.2, 0) is 11.2 Å². The summed E-state index contributed by atoms with van der Waals surface area (Å²) < 4.78 is 0. The minimum Gasteiger partial charge on any atom is -0.508 e. The number of benzene rings is 1. The fourth-order valence-corrected chi connectivity index (χ4v) is 3.86. The van der Waals surface area contributed by atoms with Crippen LogP contribution in [0.2, 0.25) is 0 Å². The summed E-state index contributed by atoms with van der Waals surface area (Å²) >= 11 is 0. The van der Waals surface area contributed by atoms with Crippen molar-refractivity contribution >= 4 is 11.5 Å². The third kappa shape index (κ3) is 3.77. The van der Waals surface area contributed by atoms with E-state index in [4.69, 9.17) is 0 Å². The van der Waals surface area contributed by atoms with Crippen molar-refractivity contribution in [3.05, 3.63) is 35.4 Å². The molecule has 0 bridgehead atoms. The van der Waals surface area contributed by atoms with E-state index in [-0.39, 0.29) is 23.0 Å². The molecular weight excluding hydrogens is 286 g/mol. The average molecular weight is 313 g/mol. The van der Waals surface area contributed by atoms with Gasteiger partial charge in [0, 0.05) is 28.8 Å². The van der Waals surface area contributed by atoms with Crippen LogP contribution in [0.3, 0.4) is 0 Å². The summed E-state index contributed by atoms with van der Waals surface area (Å²) in [5, 5.41) is 13.3. The Labute approximate surface area is 138 Å². The van der Waals surface area contributed by atoms with E-state index in [2.05, 4.69) is 19.2 Å². The molecule has 1 aliphatic carbocycles. The number of allylic oxidation sites excluding steroid dienone is 1. The van der Waals surface area contributed by atoms with Crippen molar-refractivity contribution in [3.8, 4) is 5.75 Å². The lowest BCUT2D eigenvalue weighted by Gasteiger charge is -2.35. The number of hydrogen-bond donors (Lipinski definition) is 2. The van der Waals surface area contributed by atoms with Crippen molar-refractivity contribution in [2.45, 2.75) is 64.3 Å². The number of nitrogens with one attached hydrogen (secondary N) is 1. The predicted octanol–water partition coefficient (Wildman–Crippen LogP) is 4.20. The molecule has 0 amide bonds. The number of carbonyl (C=O) groups is 1. The highest BCUT2D eigenvalue weighted by atomic mass is 16.3. The third-order valence-electron chi connectivity index (χ3n) is 5.03. The van der Waals surface area contributed by atoms with Gasteiger partial charge >= 0.3 is 0 Å². The van der Waals surface area contributed by atoms with Gasteiger partial charge in [0.25, 0.3) is 0 Å². The number of phenols is 1. The van der Waals surface area contributed by atoms with Gasteiger partial charge in [-0.1, -0.05) is 31.7 Å². The monoisotopic (exact) mass is 313 g/mol. The first kappa shape index (κ1) is 16.1. The van der Waals surface area contributed by atoms with Crippen LogP contribution in [-0.4, -0.2) is 16.4 Å². The largest absolute Gasteiger partial charge is 0.508 e. The first-order chi connectivity index (χ1) is 10.9. The van der Waals surface area contributed by atoms with E-state index in [0.717, 1.165) is 43.4 Å². The number of ketones is 1. The molecule has 1 aliphatic heterocycles. The maximum atomic E-state index is 12.7. The number of aromatic hydroxyl groups is 1. The Bertz CT molecular complexity index is 623. The Balaban J connectivity index is 1.91. The Morgan fingerprint density at radius 3 is 2.61 bits per heavy atom. The van der Waals surface area contributed by atoms with Gasteiger partial charge in [-0.05, 0) is 50.8 Å². The molecule has 23 heavy (non-hydrogen) atoms. The highest BCUT2D eigenvalue weighted by molar-refractivity contribution is 5.98. The minimum atomic E-state index is -0.0838. The van der Waals surface area contributed by atoms with Crippen LogP contribution in [0.15, 0.2) is 24.3 Å². The van der Waals surface area contributed by atoms with Crippen LogP contribution >= 0.6 is 0 Å². The molecule has 3 rings (SSSR count). The van der Waals surface area contributed by atoms with Gasteiger partial charge in [-0.3, -0.25) is 4.79 Å². The molecule has 0 atom stereocenters. The molecule has 124 valence electrons. The van der Waals surface area contributed by atoms with E-state index >= 15 is 0 Å². The maximum absolute atomic E-state index is 12.7. The topological polar surface area (TPSA) is 49.3 Å². The molecular formula is C20H27NO2. The number of fused-ring (bicyclic) bond motifs is 1. The standard InChI is InChI=1S/C20H27NO2/c1-20(2)13-15-9-10-16(22)11-17(15)18(21-20)12-19(23)14-7-5-3-4-6-8-14/h9-12,14,21-22H,3-8,13H2,1-2H3/b18-12-. The second-order valence-electron chi connectivity index (χ2n) is 7.68. The second-order valence-corrected chi connectivity index (χ2v) is 7.68. The lowest BCUT2D eigenvalue weighted by molar-refractivity contribution is -0.118. The van der Waals surface area contributed by atoms with Crippen molar-refractivity contribution in [1.29, 1.82) is 0 Å². The summed E-state index contributed by atoms with van der Waals surface area (Å²) in [6, 6.07) is 5.46. The van der Waals surface area contributed by atoms with E-state index in [9.17, 15) is 9.90 Å². The molecule has 2 aliphatic rings. The molecule has 1 saturated carbocycles. The predicted molar refractivity (Wildman–Crippen MR) is 93.2 cm³/mol. The smallest absolute Gasteiger partial charge is 0.160 e. The van der Waals surface area contributed by atoms with Gasteiger partial charge in [0.2, 0.25) is 0 Å². The van der Waals surface area contributed by atoms with Crippen LogP contribution in [0.1, 0.15) is 63.5 Å². The lowest BCUT2D eigenvalue weighted by atomic mass is 9.84. The van der Waals surface area contributed by atoms with Crippen molar-refractivity contribution in [2.75, 3.05) is 0 Å². The van der Waals surface area contributed by atoms with Crippen LogP contribution < -0.4 is 5.32 Å². The van der Waals surface area contributed by atoms with E-state index in [1.807, 2.05) is 6.07 Å². The molecule has 0 unspecified atom stereocenters. The quantitative estimate of drug-likeness (QED) is 0.635. The number of carbonyl (C=O) groups excluding carboxylic acids is 1. The Hall–Kier alpha value is -1.77. The second kappa shape index (κ2) is 6.38. The van der Waals surface area contributed by atoms with E-state index in [1.54, 1.807) is 18.2 Å². The summed E-state index contributed by atoms with van der Waals surface area (Å²) in [5.41, 5.74) is 2.93. The summed E-state index contributed by atoms with van der Waals surface area (Å²) in [6.45, 7) is 4.29. The Morgan fingerprint density at radius 1 is 1.22 bits per heavy atom. The number of rotatable bonds is 2. The molecule has 3 nitrogen and oxygen atoms in total.